The molecule has 1 aliphatic rings. The molecule has 1 fully saturated rings. The van der Waals surface area contributed by atoms with Crippen molar-refractivity contribution < 1.29 is 9.59 Å². The van der Waals surface area contributed by atoms with Crippen molar-refractivity contribution in [3.63, 3.8) is 0 Å². The molecule has 2 amide bonds. The lowest BCUT2D eigenvalue weighted by Crippen LogP contribution is -2.29. The Morgan fingerprint density at radius 3 is 2.19 bits per heavy atom. The number of carbonyl (C=O) groups excluding carboxylic acids is 2. The predicted molar refractivity (Wildman–Crippen MR) is 106 cm³/mol. The maximum atomic E-state index is 12.5. The van der Waals surface area contributed by atoms with Gasteiger partial charge in [0.2, 0.25) is 11.8 Å². The summed E-state index contributed by atoms with van der Waals surface area (Å²) in [6.45, 7) is 4.34. The first-order valence-corrected chi connectivity index (χ1v) is 9.56. The lowest BCUT2D eigenvalue weighted by molar-refractivity contribution is -0.121. The minimum Gasteiger partial charge on any atom is -0.330 e. The summed E-state index contributed by atoms with van der Waals surface area (Å²) in [5, 5.41) is 6.52. The highest BCUT2D eigenvalue weighted by Gasteiger charge is 2.25. The van der Waals surface area contributed by atoms with Crippen molar-refractivity contribution in [2.75, 3.05) is 17.2 Å². The van der Waals surface area contributed by atoms with Crippen LogP contribution < -0.4 is 16.4 Å². The summed E-state index contributed by atoms with van der Waals surface area (Å²) < 4.78 is 0. The van der Waals surface area contributed by atoms with Crippen LogP contribution in [0.5, 0.6) is 0 Å². The number of nitrogens with one attached hydrogen (secondary N) is 2. The second-order valence-electron chi connectivity index (χ2n) is 7.53. The van der Waals surface area contributed by atoms with E-state index in [-0.39, 0.29) is 23.7 Å². The van der Waals surface area contributed by atoms with Gasteiger partial charge in [-0.05, 0) is 62.4 Å². The van der Waals surface area contributed by atoms with E-state index in [2.05, 4.69) is 20.6 Å². The number of nitrogens with two attached hydrogens (primary N) is 1. The largest absolute Gasteiger partial charge is 0.330 e. The van der Waals surface area contributed by atoms with Crippen LogP contribution in [0.3, 0.4) is 0 Å². The summed E-state index contributed by atoms with van der Waals surface area (Å²) in [6.07, 6.45) is 3.73. The van der Waals surface area contributed by atoms with Crippen LogP contribution in [0.15, 0.2) is 24.3 Å². The number of hydrogen-bond acceptors (Lipinski definition) is 5. The highest BCUT2D eigenvalue weighted by molar-refractivity contribution is 5.94. The molecule has 2 heterocycles. The van der Waals surface area contributed by atoms with Crippen LogP contribution in [0.4, 0.5) is 11.6 Å². The minimum absolute atomic E-state index is 0.00147. The molecule has 0 radical (unpaired) electrons. The Balaban J connectivity index is 1.69. The zero-order chi connectivity index (χ0) is 19.4. The standard InChI is InChI=1S/C20H27N5O2/c1-12(2)19(26)24-16-9-7-14-8-10-17(23-18(14)22-16)25-20(27)15-5-3-13(11-21)4-6-15/h7-10,12-13,15H,3-6,11,21H2,1-2H3,(H2,22,23,24,25,26,27). The smallest absolute Gasteiger partial charge is 0.228 e. The van der Waals surface area contributed by atoms with E-state index in [0.717, 1.165) is 31.1 Å². The zero-order valence-electron chi connectivity index (χ0n) is 15.9. The SMILES string of the molecule is CC(C)C(=O)Nc1ccc2ccc(NC(=O)C3CCC(CN)CC3)nc2n1. The number of nitrogens with zero attached hydrogens (tertiary/aromatic N) is 2. The van der Waals surface area contributed by atoms with Gasteiger partial charge in [-0.15, -0.1) is 0 Å². The molecule has 2 aromatic heterocycles. The van der Waals surface area contributed by atoms with Gasteiger partial charge in [0.25, 0.3) is 0 Å². The van der Waals surface area contributed by atoms with Crippen LogP contribution in [0.25, 0.3) is 11.0 Å². The second-order valence-corrected chi connectivity index (χ2v) is 7.53. The van der Waals surface area contributed by atoms with Crippen molar-refractivity contribution >= 4 is 34.5 Å². The molecule has 0 saturated heterocycles. The van der Waals surface area contributed by atoms with Gasteiger partial charge >= 0.3 is 0 Å². The molecular formula is C20H27N5O2. The maximum Gasteiger partial charge on any atom is 0.228 e. The summed E-state index contributed by atoms with van der Waals surface area (Å²) in [5.41, 5.74) is 6.20. The summed E-state index contributed by atoms with van der Waals surface area (Å²) in [7, 11) is 0. The molecule has 3 rings (SSSR count). The maximum absolute atomic E-state index is 12.5. The predicted octanol–water partition coefficient (Wildman–Crippen LogP) is 2.93. The van der Waals surface area contributed by atoms with E-state index in [1.54, 1.807) is 12.1 Å². The Labute approximate surface area is 159 Å². The number of amides is 2. The average Bonchev–Trinajstić information content (AvgIpc) is 2.67. The van der Waals surface area contributed by atoms with E-state index in [9.17, 15) is 9.59 Å². The third kappa shape index (κ3) is 4.80. The Morgan fingerprint density at radius 2 is 1.63 bits per heavy atom. The van der Waals surface area contributed by atoms with Crippen LogP contribution in [-0.2, 0) is 9.59 Å². The summed E-state index contributed by atoms with van der Waals surface area (Å²) in [5.74, 6) is 1.26. The van der Waals surface area contributed by atoms with Crippen molar-refractivity contribution in [1.29, 1.82) is 0 Å². The molecular weight excluding hydrogens is 342 g/mol. The van der Waals surface area contributed by atoms with Gasteiger partial charge in [-0.1, -0.05) is 13.8 Å². The molecule has 144 valence electrons. The van der Waals surface area contributed by atoms with Gasteiger partial charge in [-0.3, -0.25) is 9.59 Å². The van der Waals surface area contributed by atoms with E-state index >= 15 is 0 Å². The van der Waals surface area contributed by atoms with Gasteiger partial charge < -0.3 is 16.4 Å². The van der Waals surface area contributed by atoms with E-state index in [1.165, 1.54) is 0 Å². The number of hydrogen-bond donors (Lipinski definition) is 3. The highest BCUT2D eigenvalue weighted by Crippen LogP contribution is 2.29. The molecule has 27 heavy (non-hydrogen) atoms. The number of fused-ring (bicyclic) bond motifs is 1. The summed E-state index contributed by atoms with van der Waals surface area (Å²) in [6, 6.07) is 7.24. The van der Waals surface area contributed by atoms with Gasteiger partial charge in [0.1, 0.15) is 11.6 Å². The molecule has 0 atom stereocenters. The molecule has 4 N–H and O–H groups in total. The first-order valence-electron chi connectivity index (χ1n) is 9.56. The van der Waals surface area contributed by atoms with Crippen LogP contribution in [0.1, 0.15) is 39.5 Å². The van der Waals surface area contributed by atoms with Gasteiger partial charge in [-0.25, -0.2) is 9.97 Å². The van der Waals surface area contributed by atoms with Gasteiger partial charge in [-0.2, -0.15) is 0 Å². The van der Waals surface area contributed by atoms with Gasteiger partial charge in [0.15, 0.2) is 5.65 Å². The first-order chi connectivity index (χ1) is 13.0. The minimum atomic E-state index is -0.129. The van der Waals surface area contributed by atoms with Crippen molar-refractivity contribution in [1.82, 2.24) is 9.97 Å². The van der Waals surface area contributed by atoms with Crippen molar-refractivity contribution in [3.05, 3.63) is 24.3 Å². The molecule has 0 aromatic carbocycles. The van der Waals surface area contributed by atoms with Crippen LogP contribution in [-0.4, -0.2) is 28.3 Å². The average molecular weight is 369 g/mol. The molecule has 0 bridgehead atoms. The number of carbonyl (C=O) groups is 2. The molecule has 7 nitrogen and oxygen atoms in total. The van der Waals surface area contributed by atoms with Crippen molar-refractivity contribution in [2.24, 2.45) is 23.5 Å². The van der Waals surface area contributed by atoms with E-state index < -0.39 is 0 Å². The van der Waals surface area contributed by atoms with Gasteiger partial charge in [0.05, 0.1) is 0 Å². The quantitative estimate of drug-likeness (QED) is 0.750. The lowest BCUT2D eigenvalue weighted by atomic mass is 9.81. The Hall–Kier alpha value is -2.54. The summed E-state index contributed by atoms with van der Waals surface area (Å²) in [4.78, 5) is 33.2. The highest BCUT2D eigenvalue weighted by atomic mass is 16.2. The lowest BCUT2D eigenvalue weighted by Gasteiger charge is -2.26. The molecule has 0 unspecified atom stereocenters. The molecule has 7 heteroatoms. The third-order valence-corrected chi connectivity index (χ3v) is 5.13. The monoisotopic (exact) mass is 369 g/mol. The molecule has 0 aliphatic heterocycles. The fourth-order valence-corrected chi connectivity index (χ4v) is 3.30. The van der Waals surface area contributed by atoms with Gasteiger partial charge in [0, 0.05) is 17.2 Å². The van der Waals surface area contributed by atoms with Crippen LogP contribution in [0.2, 0.25) is 0 Å². The van der Waals surface area contributed by atoms with Crippen LogP contribution in [0, 0.1) is 17.8 Å². The molecule has 2 aromatic rings. The second kappa shape index (κ2) is 8.43. The number of pyridine rings is 2. The third-order valence-electron chi connectivity index (χ3n) is 5.13. The van der Waals surface area contributed by atoms with Crippen molar-refractivity contribution in [3.8, 4) is 0 Å². The van der Waals surface area contributed by atoms with Crippen LogP contribution >= 0.6 is 0 Å². The van der Waals surface area contributed by atoms with E-state index in [1.807, 2.05) is 26.0 Å². The Morgan fingerprint density at radius 1 is 1.04 bits per heavy atom. The number of rotatable bonds is 5. The topological polar surface area (TPSA) is 110 Å². The van der Waals surface area contributed by atoms with E-state index in [0.29, 0.717) is 29.7 Å². The normalized spacial score (nSPS) is 19.9. The fourth-order valence-electron chi connectivity index (χ4n) is 3.30. The molecule has 1 saturated carbocycles. The Bertz CT molecular complexity index is 828. The fraction of sp³-hybridized carbons (Fsp3) is 0.500. The zero-order valence-corrected chi connectivity index (χ0v) is 15.9. The molecule has 1 aliphatic carbocycles. The number of aromatic nitrogens is 2. The first kappa shape index (κ1) is 19.2. The van der Waals surface area contributed by atoms with Crippen molar-refractivity contribution in [2.45, 2.75) is 39.5 Å². The summed E-state index contributed by atoms with van der Waals surface area (Å²) >= 11 is 0. The Kier molecular flexibility index (Phi) is 6.01. The van der Waals surface area contributed by atoms with E-state index in [4.69, 9.17) is 5.73 Å². The molecule has 0 spiro atoms. The number of anilines is 2.